The summed E-state index contributed by atoms with van der Waals surface area (Å²) in [4.78, 5) is 1.45. The Morgan fingerprint density at radius 2 is 0.824 bits per heavy atom. The highest BCUT2D eigenvalue weighted by atomic mass is 79.9. The number of unbranched alkanes of at least 4 members (excludes halogenated alkanes) is 6. The molecule has 190 valence electrons. The molecule has 0 heterocycles. The van der Waals surface area contributed by atoms with Crippen molar-refractivity contribution in [1.82, 2.24) is 0 Å². The molecule has 0 amide bonds. The predicted octanol–water partition coefficient (Wildman–Crippen LogP) is 11.5. The summed E-state index contributed by atoms with van der Waals surface area (Å²) in [5.74, 6) is 0. The van der Waals surface area contributed by atoms with E-state index in [1.165, 1.54) is 125 Å². The summed E-state index contributed by atoms with van der Waals surface area (Å²) in [6.45, 7) is 4.55. The van der Waals surface area contributed by atoms with Crippen molar-refractivity contribution in [3.63, 3.8) is 0 Å². The van der Waals surface area contributed by atoms with Crippen LogP contribution in [-0.4, -0.2) is 9.65 Å². The molecule has 2 unspecified atom stereocenters. The number of hydrogen-bond donors (Lipinski definition) is 0. The van der Waals surface area contributed by atoms with Gasteiger partial charge in [0.1, 0.15) is 0 Å². The maximum absolute atomic E-state index is 3.84. The lowest BCUT2D eigenvalue weighted by Crippen LogP contribution is -1.97. The van der Waals surface area contributed by atoms with Crippen LogP contribution in [0.2, 0.25) is 0 Å². The van der Waals surface area contributed by atoms with Gasteiger partial charge in [-0.2, -0.15) is 0 Å². The normalized spacial score (nSPS) is 13.2. The second-order valence-electron chi connectivity index (χ2n) is 10.1. The second kappa shape index (κ2) is 18.6. The van der Waals surface area contributed by atoms with Gasteiger partial charge in [-0.3, -0.25) is 0 Å². The molecule has 0 saturated carbocycles. The summed E-state index contributed by atoms with van der Waals surface area (Å²) in [5.41, 5.74) is 5.62. The maximum atomic E-state index is 3.84. The average molecular weight is 593 g/mol. The number of aryl methyl sites for hydroxylation is 2. The first-order valence-corrected chi connectivity index (χ1v) is 15.9. The van der Waals surface area contributed by atoms with Gasteiger partial charge >= 0.3 is 0 Å². The molecule has 0 spiro atoms. The predicted molar refractivity (Wildman–Crippen MR) is 161 cm³/mol. The van der Waals surface area contributed by atoms with Crippen molar-refractivity contribution >= 4 is 31.9 Å². The van der Waals surface area contributed by atoms with Crippen LogP contribution in [0.1, 0.15) is 115 Å². The SMILES string of the molecule is CCCCC(Br)CCCCCc1ccc(-c2ccc(CCCCCC(Br)CCCC)cc2)cc1. The van der Waals surface area contributed by atoms with Crippen LogP contribution in [0.4, 0.5) is 0 Å². The van der Waals surface area contributed by atoms with Crippen molar-refractivity contribution in [2.24, 2.45) is 0 Å². The number of benzene rings is 2. The number of rotatable bonds is 19. The van der Waals surface area contributed by atoms with Crippen LogP contribution >= 0.6 is 31.9 Å². The molecule has 0 aliphatic heterocycles. The first kappa shape index (κ1) is 29.6. The molecule has 0 aliphatic carbocycles. The largest absolute Gasteiger partial charge is 0.0891 e. The molecule has 2 rings (SSSR count). The van der Waals surface area contributed by atoms with Gasteiger partial charge < -0.3 is 0 Å². The van der Waals surface area contributed by atoms with Crippen LogP contribution in [0.25, 0.3) is 11.1 Å². The summed E-state index contributed by atoms with van der Waals surface area (Å²) in [7, 11) is 0. The van der Waals surface area contributed by atoms with Crippen molar-refractivity contribution in [3.8, 4) is 11.1 Å². The van der Waals surface area contributed by atoms with E-state index in [1.807, 2.05) is 0 Å². The molecule has 0 aliphatic rings. The topological polar surface area (TPSA) is 0 Å². The Bertz CT molecular complexity index is 669. The van der Waals surface area contributed by atoms with Crippen LogP contribution < -0.4 is 0 Å². The fourth-order valence-electron chi connectivity index (χ4n) is 4.61. The van der Waals surface area contributed by atoms with Crippen molar-refractivity contribution < 1.29 is 0 Å². The molecule has 0 radical (unpaired) electrons. The van der Waals surface area contributed by atoms with E-state index in [0.29, 0.717) is 0 Å². The van der Waals surface area contributed by atoms with E-state index in [1.54, 1.807) is 0 Å². The van der Waals surface area contributed by atoms with E-state index >= 15 is 0 Å². The number of hydrogen-bond acceptors (Lipinski definition) is 0. The van der Waals surface area contributed by atoms with Crippen molar-refractivity contribution in [3.05, 3.63) is 59.7 Å². The van der Waals surface area contributed by atoms with Crippen LogP contribution in [-0.2, 0) is 12.8 Å². The van der Waals surface area contributed by atoms with Crippen LogP contribution in [0, 0.1) is 0 Å². The summed E-state index contributed by atoms with van der Waals surface area (Å²) < 4.78 is 0. The van der Waals surface area contributed by atoms with E-state index in [9.17, 15) is 0 Å². The summed E-state index contributed by atoms with van der Waals surface area (Å²) in [6, 6.07) is 18.5. The highest BCUT2D eigenvalue weighted by Gasteiger charge is 2.05. The molecule has 34 heavy (non-hydrogen) atoms. The first-order chi connectivity index (χ1) is 16.6. The smallest absolute Gasteiger partial charge is 0.0145 e. The minimum atomic E-state index is 0.723. The van der Waals surface area contributed by atoms with Crippen LogP contribution in [0.15, 0.2) is 48.5 Å². The summed E-state index contributed by atoms with van der Waals surface area (Å²) >= 11 is 7.68. The molecule has 2 heteroatoms. The van der Waals surface area contributed by atoms with Gasteiger partial charge in [0.25, 0.3) is 0 Å². The minimum absolute atomic E-state index is 0.723. The van der Waals surface area contributed by atoms with E-state index in [0.717, 1.165) is 9.65 Å². The Balaban J connectivity index is 1.64. The molecule has 0 bridgehead atoms. The molecule has 0 saturated heterocycles. The van der Waals surface area contributed by atoms with E-state index in [4.69, 9.17) is 0 Å². The van der Waals surface area contributed by atoms with Gasteiger partial charge in [-0.15, -0.1) is 0 Å². The zero-order valence-corrected chi connectivity index (χ0v) is 25.0. The van der Waals surface area contributed by atoms with Crippen molar-refractivity contribution in [2.45, 2.75) is 126 Å². The van der Waals surface area contributed by atoms with E-state index < -0.39 is 0 Å². The van der Waals surface area contributed by atoms with Gasteiger partial charge in [-0.25, -0.2) is 0 Å². The monoisotopic (exact) mass is 590 g/mol. The fraction of sp³-hybridized carbons (Fsp3) is 0.625. The lowest BCUT2D eigenvalue weighted by Gasteiger charge is -2.09. The highest BCUT2D eigenvalue weighted by Crippen LogP contribution is 2.23. The Morgan fingerprint density at radius 3 is 1.18 bits per heavy atom. The van der Waals surface area contributed by atoms with Crippen molar-refractivity contribution in [1.29, 1.82) is 0 Å². The third kappa shape index (κ3) is 12.9. The van der Waals surface area contributed by atoms with Crippen LogP contribution in [0.5, 0.6) is 0 Å². The number of halogens is 2. The Kier molecular flexibility index (Phi) is 16.2. The van der Waals surface area contributed by atoms with Gasteiger partial charge in [0.15, 0.2) is 0 Å². The first-order valence-electron chi connectivity index (χ1n) is 14.1. The lowest BCUT2D eigenvalue weighted by atomic mass is 9.98. The van der Waals surface area contributed by atoms with Gasteiger partial charge in [0.05, 0.1) is 0 Å². The van der Waals surface area contributed by atoms with Crippen molar-refractivity contribution in [2.75, 3.05) is 0 Å². The Morgan fingerprint density at radius 1 is 0.471 bits per heavy atom. The molecule has 2 atom stereocenters. The Labute approximate surface area is 228 Å². The zero-order chi connectivity index (χ0) is 24.4. The van der Waals surface area contributed by atoms with Crippen LogP contribution in [0.3, 0.4) is 0 Å². The van der Waals surface area contributed by atoms with Gasteiger partial charge in [-0.1, -0.05) is 146 Å². The Hall–Kier alpha value is -0.600. The zero-order valence-electron chi connectivity index (χ0n) is 21.8. The third-order valence-electron chi connectivity index (χ3n) is 6.95. The highest BCUT2D eigenvalue weighted by molar-refractivity contribution is 9.09. The van der Waals surface area contributed by atoms with E-state index in [2.05, 4.69) is 94.2 Å². The standard InChI is InChI=1S/C32H48Br2/c1-3-5-15-31(33)17-11-7-9-13-27-19-23-29(24-20-27)30-25-21-28(22-26-30)14-10-8-12-18-32(34)16-6-4-2/h19-26,31-32H,3-18H2,1-2H3. The lowest BCUT2D eigenvalue weighted by molar-refractivity contribution is 0.592. The van der Waals surface area contributed by atoms with E-state index in [-0.39, 0.29) is 0 Å². The average Bonchev–Trinajstić information content (AvgIpc) is 2.86. The minimum Gasteiger partial charge on any atom is -0.0891 e. The molecule has 0 aromatic heterocycles. The third-order valence-corrected chi connectivity index (χ3v) is 8.78. The molecule has 2 aromatic carbocycles. The second-order valence-corrected chi connectivity index (χ2v) is 12.7. The number of alkyl halides is 2. The molecular formula is C32H48Br2. The molecule has 0 N–H and O–H groups in total. The maximum Gasteiger partial charge on any atom is 0.0145 e. The fourth-order valence-corrected chi connectivity index (χ4v) is 5.91. The molecule has 0 nitrogen and oxygen atoms in total. The summed E-state index contributed by atoms with van der Waals surface area (Å²) in [6.07, 6.45) is 21.0. The molecule has 2 aromatic rings. The summed E-state index contributed by atoms with van der Waals surface area (Å²) in [5, 5.41) is 0. The van der Waals surface area contributed by atoms with Gasteiger partial charge in [-0.05, 0) is 73.6 Å². The van der Waals surface area contributed by atoms with Gasteiger partial charge in [0.2, 0.25) is 0 Å². The van der Waals surface area contributed by atoms with Gasteiger partial charge in [0, 0.05) is 9.65 Å². The molecular weight excluding hydrogens is 544 g/mol. The molecule has 0 fully saturated rings. The quantitative estimate of drug-likeness (QED) is 0.112.